The summed E-state index contributed by atoms with van der Waals surface area (Å²) in [6, 6.07) is 9.06. The molecular weight excluding hydrogens is 300 g/mol. The van der Waals surface area contributed by atoms with Crippen molar-refractivity contribution in [2.45, 2.75) is 44.6 Å². The fraction of sp³-hybridized carbons (Fsp3) is 0.562. The fourth-order valence-electron chi connectivity index (χ4n) is 3.75. The first kappa shape index (κ1) is 13.0. The minimum absolute atomic E-state index is 0.698. The predicted octanol–water partition coefficient (Wildman–Crippen LogP) is 4.48. The highest BCUT2D eigenvalue weighted by atomic mass is 79.9. The number of halogens is 1. The van der Waals surface area contributed by atoms with Crippen molar-refractivity contribution >= 4 is 21.6 Å². The number of nitrogens with zero attached hydrogens (tertiary/aromatic N) is 2. The molecule has 1 aliphatic carbocycles. The van der Waals surface area contributed by atoms with Gasteiger partial charge in [0.2, 0.25) is 0 Å². The van der Waals surface area contributed by atoms with Crippen LogP contribution in [0.25, 0.3) is 0 Å². The number of anilines is 1. The van der Waals surface area contributed by atoms with Crippen LogP contribution >= 0.6 is 15.9 Å². The Kier molecular flexibility index (Phi) is 3.79. The van der Waals surface area contributed by atoms with Gasteiger partial charge in [0.05, 0.1) is 11.6 Å². The first-order valence-electron chi connectivity index (χ1n) is 7.25. The van der Waals surface area contributed by atoms with Gasteiger partial charge in [0, 0.05) is 22.7 Å². The number of fused-ring (bicyclic) bond motifs is 1. The zero-order valence-electron chi connectivity index (χ0n) is 11.1. The zero-order chi connectivity index (χ0) is 13.2. The van der Waals surface area contributed by atoms with Gasteiger partial charge in [-0.05, 0) is 49.8 Å². The van der Waals surface area contributed by atoms with Crippen LogP contribution in [0.1, 0.15) is 44.1 Å². The van der Waals surface area contributed by atoms with E-state index >= 15 is 0 Å². The first-order valence-corrected chi connectivity index (χ1v) is 8.04. The van der Waals surface area contributed by atoms with Crippen LogP contribution in [0.4, 0.5) is 5.69 Å². The largest absolute Gasteiger partial charge is 0.368 e. The average molecular weight is 319 g/mol. The third kappa shape index (κ3) is 2.65. The molecule has 2 fully saturated rings. The SMILES string of the molecule is N#Cc1cc(Br)cc(N2CCC[C@H]3CCCC[C@H]32)c1. The molecule has 1 saturated carbocycles. The molecule has 1 saturated heterocycles. The Morgan fingerprint density at radius 1 is 1.11 bits per heavy atom. The highest BCUT2D eigenvalue weighted by Crippen LogP contribution is 2.38. The summed E-state index contributed by atoms with van der Waals surface area (Å²) in [5.41, 5.74) is 1.98. The average Bonchev–Trinajstić information content (AvgIpc) is 2.46. The van der Waals surface area contributed by atoms with E-state index in [1.54, 1.807) is 0 Å². The normalized spacial score (nSPS) is 26.6. The van der Waals surface area contributed by atoms with Gasteiger partial charge in [0.25, 0.3) is 0 Å². The molecule has 3 rings (SSSR count). The molecule has 1 aliphatic heterocycles. The van der Waals surface area contributed by atoms with Crippen LogP contribution in [0.5, 0.6) is 0 Å². The summed E-state index contributed by atoms with van der Waals surface area (Å²) in [7, 11) is 0. The van der Waals surface area contributed by atoms with Crippen molar-refractivity contribution in [2.24, 2.45) is 5.92 Å². The molecule has 0 unspecified atom stereocenters. The topological polar surface area (TPSA) is 27.0 Å². The van der Waals surface area contributed by atoms with Gasteiger partial charge in [-0.3, -0.25) is 0 Å². The summed E-state index contributed by atoms with van der Waals surface area (Å²) in [5.74, 6) is 0.868. The third-order valence-electron chi connectivity index (χ3n) is 4.59. The quantitative estimate of drug-likeness (QED) is 0.763. The third-order valence-corrected chi connectivity index (χ3v) is 5.04. The number of hydrogen-bond acceptors (Lipinski definition) is 2. The summed E-state index contributed by atoms with van der Waals surface area (Å²) in [4.78, 5) is 2.55. The van der Waals surface area contributed by atoms with Crippen molar-refractivity contribution in [2.75, 3.05) is 11.4 Å². The number of benzene rings is 1. The van der Waals surface area contributed by atoms with Gasteiger partial charge in [0.15, 0.2) is 0 Å². The van der Waals surface area contributed by atoms with Crippen LogP contribution in [0.3, 0.4) is 0 Å². The van der Waals surface area contributed by atoms with E-state index in [1.165, 1.54) is 44.2 Å². The second-order valence-corrected chi connectivity index (χ2v) is 6.67. The molecule has 1 heterocycles. The van der Waals surface area contributed by atoms with Gasteiger partial charge in [-0.1, -0.05) is 28.8 Å². The lowest BCUT2D eigenvalue weighted by Crippen LogP contribution is -2.46. The van der Waals surface area contributed by atoms with Crippen LogP contribution in [0, 0.1) is 17.2 Å². The number of rotatable bonds is 1. The number of nitriles is 1. The molecule has 19 heavy (non-hydrogen) atoms. The molecule has 0 aromatic heterocycles. The second kappa shape index (κ2) is 5.54. The predicted molar refractivity (Wildman–Crippen MR) is 81.2 cm³/mol. The van der Waals surface area contributed by atoms with Gasteiger partial charge in [-0.25, -0.2) is 0 Å². The van der Waals surface area contributed by atoms with Crippen molar-refractivity contribution in [1.82, 2.24) is 0 Å². The Morgan fingerprint density at radius 2 is 1.89 bits per heavy atom. The van der Waals surface area contributed by atoms with Crippen molar-refractivity contribution in [3.63, 3.8) is 0 Å². The van der Waals surface area contributed by atoms with E-state index < -0.39 is 0 Å². The summed E-state index contributed by atoms with van der Waals surface area (Å²) in [6.45, 7) is 1.14. The minimum Gasteiger partial charge on any atom is -0.368 e. The number of piperidine rings is 1. The molecule has 1 aromatic carbocycles. The van der Waals surface area contributed by atoms with E-state index in [9.17, 15) is 0 Å². The van der Waals surface area contributed by atoms with E-state index in [0.29, 0.717) is 6.04 Å². The van der Waals surface area contributed by atoms with E-state index in [0.717, 1.165) is 22.5 Å². The van der Waals surface area contributed by atoms with Crippen LogP contribution in [0.2, 0.25) is 0 Å². The standard InChI is InChI=1S/C16H19BrN2/c17-14-8-12(11-18)9-15(10-14)19-7-3-5-13-4-1-2-6-16(13)19/h8-10,13,16H,1-7H2/t13-,16-/m1/s1. The second-order valence-electron chi connectivity index (χ2n) is 5.76. The first-order chi connectivity index (χ1) is 9.28. The van der Waals surface area contributed by atoms with Crippen molar-refractivity contribution in [3.8, 4) is 6.07 Å². The van der Waals surface area contributed by atoms with Gasteiger partial charge < -0.3 is 4.90 Å². The molecule has 0 bridgehead atoms. The van der Waals surface area contributed by atoms with Gasteiger partial charge in [-0.2, -0.15) is 5.26 Å². The maximum atomic E-state index is 9.13. The Morgan fingerprint density at radius 3 is 2.74 bits per heavy atom. The monoisotopic (exact) mass is 318 g/mol. The molecule has 100 valence electrons. The van der Waals surface area contributed by atoms with E-state index in [1.807, 2.05) is 12.1 Å². The van der Waals surface area contributed by atoms with Crippen LogP contribution in [0.15, 0.2) is 22.7 Å². The Labute approximate surface area is 123 Å². The summed E-state index contributed by atoms with van der Waals surface area (Å²) < 4.78 is 1.01. The molecular formula is C16H19BrN2. The Hall–Kier alpha value is -1.01. The highest BCUT2D eigenvalue weighted by molar-refractivity contribution is 9.10. The molecule has 2 nitrogen and oxygen atoms in total. The van der Waals surface area contributed by atoms with Crippen LogP contribution in [-0.2, 0) is 0 Å². The van der Waals surface area contributed by atoms with Crippen LogP contribution < -0.4 is 4.90 Å². The van der Waals surface area contributed by atoms with Crippen LogP contribution in [-0.4, -0.2) is 12.6 Å². The lowest BCUT2D eigenvalue weighted by molar-refractivity contribution is 0.244. The van der Waals surface area contributed by atoms with Crippen molar-refractivity contribution < 1.29 is 0 Å². The zero-order valence-corrected chi connectivity index (χ0v) is 12.7. The molecule has 2 atom stereocenters. The van der Waals surface area contributed by atoms with Crippen molar-refractivity contribution in [3.05, 3.63) is 28.2 Å². The summed E-state index contributed by atoms with van der Waals surface area (Å²) >= 11 is 3.53. The molecule has 0 N–H and O–H groups in total. The molecule has 0 radical (unpaired) electrons. The smallest absolute Gasteiger partial charge is 0.0992 e. The molecule has 0 amide bonds. The maximum absolute atomic E-state index is 9.13. The molecule has 2 aliphatic rings. The number of hydrogen-bond donors (Lipinski definition) is 0. The summed E-state index contributed by atoms with van der Waals surface area (Å²) in [6.07, 6.45) is 8.14. The van der Waals surface area contributed by atoms with Gasteiger partial charge >= 0.3 is 0 Å². The lowest BCUT2D eigenvalue weighted by Gasteiger charge is -2.45. The lowest BCUT2D eigenvalue weighted by atomic mass is 9.78. The van der Waals surface area contributed by atoms with E-state index in [-0.39, 0.29) is 0 Å². The maximum Gasteiger partial charge on any atom is 0.0992 e. The Balaban J connectivity index is 1.91. The van der Waals surface area contributed by atoms with E-state index in [2.05, 4.69) is 33.0 Å². The highest BCUT2D eigenvalue weighted by Gasteiger charge is 2.33. The Bertz CT molecular complexity index is 504. The van der Waals surface area contributed by atoms with Gasteiger partial charge in [0.1, 0.15) is 0 Å². The fourth-order valence-corrected chi connectivity index (χ4v) is 4.23. The molecule has 3 heteroatoms. The van der Waals surface area contributed by atoms with Crippen molar-refractivity contribution in [1.29, 1.82) is 5.26 Å². The summed E-state index contributed by atoms with van der Waals surface area (Å²) in [5, 5.41) is 9.13. The van der Waals surface area contributed by atoms with Gasteiger partial charge in [-0.15, -0.1) is 0 Å². The minimum atomic E-state index is 0.698. The molecule has 1 aromatic rings. The molecule has 0 spiro atoms. The van der Waals surface area contributed by atoms with E-state index in [4.69, 9.17) is 5.26 Å².